The van der Waals surface area contributed by atoms with E-state index in [1.54, 1.807) is 0 Å². The van der Waals surface area contributed by atoms with Crippen molar-refractivity contribution in [2.24, 2.45) is 0 Å². The van der Waals surface area contributed by atoms with Crippen molar-refractivity contribution >= 4 is 11.5 Å². The number of nitriles is 1. The number of anilines is 2. The highest BCUT2D eigenvalue weighted by Gasteiger charge is 2.16. The molecule has 0 aliphatic heterocycles. The molecule has 0 amide bonds. The molecule has 0 aromatic carbocycles. The largest absolute Gasteiger partial charge is 0.396 e. The van der Waals surface area contributed by atoms with Crippen LogP contribution < -0.4 is 11.1 Å². The number of nitrogen functional groups attached to an aromatic ring is 1. The summed E-state index contributed by atoms with van der Waals surface area (Å²) in [4.78, 5) is 3.77. The summed E-state index contributed by atoms with van der Waals surface area (Å²) in [5.41, 5.74) is 5.96. The molecule has 0 fully saturated rings. The Labute approximate surface area is 90.5 Å². The first-order chi connectivity index (χ1) is 7.54. The van der Waals surface area contributed by atoms with Crippen LogP contribution in [0.4, 0.5) is 20.3 Å². The van der Waals surface area contributed by atoms with Gasteiger partial charge >= 0.3 is 0 Å². The van der Waals surface area contributed by atoms with Crippen molar-refractivity contribution in [3.8, 4) is 6.07 Å². The van der Waals surface area contributed by atoms with Gasteiger partial charge in [0, 0.05) is 12.7 Å². The van der Waals surface area contributed by atoms with Crippen molar-refractivity contribution in [3.05, 3.63) is 17.8 Å². The minimum Gasteiger partial charge on any atom is -0.396 e. The van der Waals surface area contributed by atoms with Crippen molar-refractivity contribution in [2.75, 3.05) is 17.6 Å². The molecule has 5 nitrogen and oxygen atoms in total. The molecule has 0 aliphatic carbocycles. The van der Waals surface area contributed by atoms with Crippen LogP contribution in [0.3, 0.4) is 0 Å². The number of aliphatic hydroxyl groups is 1. The minimum atomic E-state index is -2.83. The highest BCUT2D eigenvalue weighted by atomic mass is 19.3. The molecule has 0 radical (unpaired) electrons. The molecule has 4 N–H and O–H groups in total. The molecule has 0 aliphatic rings. The molecule has 86 valence electrons. The van der Waals surface area contributed by atoms with Gasteiger partial charge in [-0.25, -0.2) is 13.8 Å². The van der Waals surface area contributed by atoms with Crippen LogP contribution in [-0.2, 0) is 0 Å². The van der Waals surface area contributed by atoms with E-state index in [0.29, 0.717) is 0 Å². The molecule has 0 saturated heterocycles. The van der Waals surface area contributed by atoms with E-state index in [1.165, 1.54) is 12.3 Å². The van der Waals surface area contributed by atoms with Crippen molar-refractivity contribution in [2.45, 2.75) is 12.5 Å². The zero-order valence-corrected chi connectivity index (χ0v) is 8.19. The van der Waals surface area contributed by atoms with Crippen LogP contribution in [0.25, 0.3) is 0 Å². The number of rotatable bonds is 4. The van der Waals surface area contributed by atoms with Crippen LogP contribution in [0.15, 0.2) is 12.3 Å². The second-order valence-electron chi connectivity index (χ2n) is 3.06. The van der Waals surface area contributed by atoms with Crippen LogP contribution in [0, 0.1) is 11.3 Å². The van der Waals surface area contributed by atoms with Gasteiger partial charge in [-0.05, 0) is 6.07 Å². The second kappa shape index (κ2) is 5.23. The Bertz CT molecular complexity index is 405. The van der Waals surface area contributed by atoms with E-state index in [1.807, 2.05) is 6.07 Å². The topological polar surface area (TPSA) is 95.0 Å². The van der Waals surface area contributed by atoms with Gasteiger partial charge in [-0.15, -0.1) is 0 Å². The first-order valence-electron chi connectivity index (χ1n) is 4.40. The van der Waals surface area contributed by atoms with Crippen molar-refractivity contribution < 1.29 is 13.9 Å². The summed E-state index contributed by atoms with van der Waals surface area (Å²) < 4.78 is 23.9. The number of nitrogens with one attached hydrogen (secondary N) is 1. The number of aromatic nitrogens is 1. The van der Waals surface area contributed by atoms with E-state index in [-0.39, 0.29) is 23.6 Å². The van der Waals surface area contributed by atoms with Gasteiger partial charge in [0.05, 0.1) is 11.3 Å². The first kappa shape index (κ1) is 12.1. The average Bonchev–Trinajstić information content (AvgIpc) is 2.26. The monoisotopic (exact) mass is 228 g/mol. The van der Waals surface area contributed by atoms with Gasteiger partial charge in [-0.1, -0.05) is 0 Å². The molecular weight excluding hydrogens is 218 g/mol. The SMILES string of the molecule is N#Cc1cnc(NCC(O)C(F)F)c(N)c1. The summed E-state index contributed by atoms with van der Waals surface area (Å²) >= 11 is 0. The first-order valence-corrected chi connectivity index (χ1v) is 4.40. The van der Waals surface area contributed by atoms with Crippen LogP contribution >= 0.6 is 0 Å². The Balaban J connectivity index is 2.65. The van der Waals surface area contributed by atoms with Crippen LogP contribution in [-0.4, -0.2) is 29.2 Å². The third-order valence-electron chi connectivity index (χ3n) is 1.82. The number of nitrogens with two attached hydrogens (primary N) is 1. The molecule has 0 spiro atoms. The van der Waals surface area contributed by atoms with Gasteiger partial charge in [0.2, 0.25) is 0 Å². The maximum Gasteiger partial charge on any atom is 0.265 e. The molecule has 0 bridgehead atoms. The molecule has 1 aromatic heterocycles. The van der Waals surface area contributed by atoms with E-state index in [0.717, 1.165) is 0 Å². The number of alkyl halides is 2. The summed E-state index contributed by atoms with van der Waals surface area (Å²) in [6, 6.07) is 3.20. The fraction of sp³-hybridized carbons (Fsp3) is 0.333. The Morgan fingerprint density at radius 1 is 1.62 bits per heavy atom. The molecule has 0 saturated carbocycles. The Morgan fingerprint density at radius 3 is 2.81 bits per heavy atom. The zero-order valence-electron chi connectivity index (χ0n) is 8.19. The fourth-order valence-electron chi connectivity index (χ4n) is 0.981. The molecule has 1 heterocycles. The lowest BCUT2D eigenvalue weighted by molar-refractivity contribution is 0.00381. The molecule has 7 heteroatoms. The number of aliphatic hydroxyl groups excluding tert-OH is 1. The summed E-state index contributed by atoms with van der Waals surface area (Å²) in [7, 11) is 0. The van der Waals surface area contributed by atoms with Gasteiger partial charge in [0.15, 0.2) is 0 Å². The fourth-order valence-corrected chi connectivity index (χ4v) is 0.981. The standard InChI is InChI=1S/C9H10F2N4O/c10-8(11)7(16)4-15-9-6(13)1-5(2-12)3-14-9/h1,3,7-8,16H,4,13H2,(H,14,15). The molecular formula is C9H10F2N4O. The number of hydrogen-bond donors (Lipinski definition) is 3. The van der Waals surface area contributed by atoms with E-state index in [9.17, 15) is 8.78 Å². The van der Waals surface area contributed by atoms with Gasteiger partial charge in [0.25, 0.3) is 6.43 Å². The quantitative estimate of drug-likeness (QED) is 0.700. The Kier molecular flexibility index (Phi) is 3.96. The van der Waals surface area contributed by atoms with E-state index >= 15 is 0 Å². The van der Waals surface area contributed by atoms with Crippen molar-refractivity contribution in [3.63, 3.8) is 0 Å². The summed E-state index contributed by atoms with van der Waals surface area (Å²) in [5, 5.41) is 19.9. The van der Waals surface area contributed by atoms with Gasteiger partial charge < -0.3 is 16.2 Å². The van der Waals surface area contributed by atoms with Crippen LogP contribution in [0.5, 0.6) is 0 Å². The van der Waals surface area contributed by atoms with Crippen molar-refractivity contribution in [1.29, 1.82) is 5.26 Å². The maximum atomic E-state index is 12.0. The zero-order chi connectivity index (χ0) is 12.1. The predicted molar refractivity (Wildman–Crippen MR) is 53.9 cm³/mol. The molecule has 1 aromatic rings. The molecule has 1 atom stereocenters. The molecule has 16 heavy (non-hydrogen) atoms. The van der Waals surface area contributed by atoms with Gasteiger partial charge in [-0.2, -0.15) is 5.26 Å². The van der Waals surface area contributed by atoms with E-state index in [2.05, 4.69) is 10.3 Å². The highest BCUT2D eigenvalue weighted by Crippen LogP contribution is 2.16. The van der Waals surface area contributed by atoms with Crippen LogP contribution in [0.2, 0.25) is 0 Å². The predicted octanol–water partition coefficient (Wildman–Crippen LogP) is 0.573. The van der Waals surface area contributed by atoms with Crippen molar-refractivity contribution in [1.82, 2.24) is 4.98 Å². The van der Waals surface area contributed by atoms with E-state index < -0.39 is 12.5 Å². The van der Waals surface area contributed by atoms with Crippen LogP contribution in [0.1, 0.15) is 5.56 Å². The summed E-state index contributed by atoms with van der Waals surface area (Å²) in [6.45, 7) is -0.360. The Hall–Kier alpha value is -1.94. The maximum absolute atomic E-state index is 12.0. The normalized spacial score (nSPS) is 12.2. The summed E-state index contributed by atoms with van der Waals surface area (Å²) in [5.74, 6) is 0.165. The molecule has 1 unspecified atom stereocenters. The highest BCUT2D eigenvalue weighted by molar-refractivity contribution is 5.63. The third-order valence-corrected chi connectivity index (χ3v) is 1.82. The lowest BCUT2D eigenvalue weighted by Crippen LogP contribution is -2.27. The summed E-state index contributed by atoms with van der Waals surface area (Å²) in [6.07, 6.45) is -3.35. The number of nitrogens with zero attached hydrogens (tertiary/aromatic N) is 2. The lowest BCUT2D eigenvalue weighted by atomic mass is 10.2. The minimum absolute atomic E-state index is 0.165. The average molecular weight is 228 g/mol. The van der Waals surface area contributed by atoms with Gasteiger partial charge in [0.1, 0.15) is 18.0 Å². The Morgan fingerprint density at radius 2 is 2.31 bits per heavy atom. The number of hydrogen-bond acceptors (Lipinski definition) is 5. The third kappa shape index (κ3) is 3.03. The number of pyridine rings is 1. The second-order valence-corrected chi connectivity index (χ2v) is 3.06. The smallest absolute Gasteiger partial charge is 0.265 e. The lowest BCUT2D eigenvalue weighted by Gasteiger charge is -2.12. The number of halogens is 2. The molecule has 1 rings (SSSR count). The van der Waals surface area contributed by atoms with Gasteiger partial charge in [-0.3, -0.25) is 0 Å². The van der Waals surface area contributed by atoms with E-state index in [4.69, 9.17) is 16.1 Å².